The molecule has 1 atom stereocenters. The summed E-state index contributed by atoms with van der Waals surface area (Å²) in [6.07, 6.45) is 6.62. The van der Waals surface area contributed by atoms with Crippen LogP contribution in [0, 0.1) is 5.92 Å². The Morgan fingerprint density at radius 2 is 1.85 bits per heavy atom. The molecule has 0 bridgehead atoms. The minimum Gasteiger partial charge on any atom is -0.546 e. The number of allylic oxidation sites excluding steroid dienone is 5. The molecule has 0 saturated heterocycles. The number of carbonyl (C=O) groups is 1. The Bertz CT molecular complexity index is 465. The lowest BCUT2D eigenvalue weighted by molar-refractivity contribution is -0.117. The maximum atomic E-state index is 12.1. The molecule has 1 unspecified atom stereocenters. The van der Waals surface area contributed by atoms with Crippen LogP contribution in [-0.4, -0.2) is 14.1 Å². The fourth-order valence-corrected chi connectivity index (χ4v) is 2.59. The van der Waals surface area contributed by atoms with Crippen LogP contribution < -0.4 is 0 Å². The van der Waals surface area contributed by atoms with Gasteiger partial charge in [0, 0.05) is 6.08 Å². The standard InChI is InChI=1S/C16H26O3Si/c1-12-8-9-15(13(2)14(17)10-11-18-12)19-20(6,7)16(3,4)5/h8-11,13H,1-7H3/b11-10-,12-8-,15-9+. The Hall–Kier alpha value is -1.29. The molecule has 4 heteroatoms. The van der Waals surface area contributed by atoms with E-state index in [2.05, 4.69) is 33.9 Å². The largest absolute Gasteiger partial charge is 0.546 e. The van der Waals surface area contributed by atoms with Crippen LogP contribution in [0.2, 0.25) is 18.1 Å². The second kappa shape index (κ2) is 6.00. The number of hydrogen-bond donors (Lipinski definition) is 0. The van der Waals surface area contributed by atoms with E-state index in [9.17, 15) is 4.79 Å². The van der Waals surface area contributed by atoms with Crippen LogP contribution >= 0.6 is 0 Å². The summed E-state index contributed by atoms with van der Waals surface area (Å²) >= 11 is 0. The number of rotatable bonds is 2. The van der Waals surface area contributed by atoms with Crippen molar-refractivity contribution in [3.05, 3.63) is 36.0 Å². The van der Waals surface area contributed by atoms with E-state index in [1.807, 2.05) is 26.0 Å². The van der Waals surface area contributed by atoms with Crippen molar-refractivity contribution in [2.75, 3.05) is 0 Å². The maximum absolute atomic E-state index is 12.1. The average molecular weight is 294 g/mol. The van der Waals surface area contributed by atoms with Gasteiger partial charge < -0.3 is 9.16 Å². The quantitative estimate of drug-likeness (QED) is 0.701. The molecule has 0 aromatic heterocycles. The minimum absolute atomic E-state index is 0.00180. The highest BCUT2D eigenvalue weighted by atomic mass is 28.4. The van der Waals surface area contributed by atoms with Crippen LogP contribution in [-0.2, 0) is 14.0 Å². The molecule has 3 nitrogen and oxygen atoms in total. The monoisotopic (exact) mass is 294 g/mol. The number of hydrogen-bond acceptors (Lipinski definition) is 3. The third-order valence-electron chi connectivity index (χ3n) is 4.00. The fraction of sp³-hybridized carbons (Fsp3) is 0.562. The van der Waals surface area contributed by atoms with Gasteiger partial charge in [-0.1, -0.05) is 20.8 Å². The molecular weight excluding hydrogens is 268 g/mol. The molecule has 0 radical (unpaired) electrons. The molecule has 0 spiro atoms. The van der Waals surface area contributed by atoms with E-state index >= 15 is 0 Å². The molecule has 0 aromatic rings. The molecule has 1 aliphatic rings. The summed E-state index contributed by atoms with van der Waals surface area (Å²) in [7, 11) is -1.96. The van der Waals surface area contributed by atoms with Gasteiger partial charge in [-0.25, -0.2) is 0 Å². The summed E-state index contributed by atoms with van der Waals surface area (Å²) in [5.74, 6) is 1.18. The van der Waals surface area contributed by atoms with Crippen molar-refractivity contribution in [3.8, 4) is 0 Å². The van der Waals surface area contributed by atoms with Crippen LogP contribution in [0.5, 0.6) is 0 Å². The van der Waals surface area contributed by atoms with Crippen LogP contribution in [0.15, 0.2) is 36.0 Å². The van der Waals surface area contributed by atoms with Gasteiger partial charge in [-0.15, -0.1) is 0 Å². The highest BCUT2D eigenvalue weighted by Crippen LogP contribution is 2.39. The van der Waals surface area contributed by atoms with E-state index in [-0.39, 0.29) is 16.7 Å². The highest BCUT2D eigenvalue weighted by molar-refractivity contribution is 6.74. The molecule has 20 heavy (non-hydrogen) atoms. The van der Waals surface area contributed by atoms with Crippen LogP contribution in [0.4, 0.5) is 0 Å². The molecule has 0 amide bonds. The summed E-state index contributed by atoms with van der Waals surface area (Å²) in [4.78, 5) is 12.1. The molecule has 112 valence electrons. The normalized spacial score (nSPS) is 27.9. The molecule has 0 aromatic carbocycles. The summed E-state index contributed by atoms with van der Waals surface area (Å²) in [6.45, 7) is 14.6. The third-order valence-corrected chi connectivity index (χ3v) is 8.36. The summed E-state index contributed by atoms with van der Waals surface area (Å²) in [5, 5.41) is 0.0974. The van der Waals surface area contributed by atoms with Gasteiger partial charge in [0.2, 0.25) is 8.32 Å². The van der Waals surface area contributed by atoms with Gasteiger partial charge in [0.15, 0.2) is 5.78 Å². The second-order valence-electron chi connectivity index (χ2n) is 6.75. The van der Waals surface area contributed by atoms with E-state index in [0.717, 1.165) is 11.5 Å². The van der Waals surface area contributed by atoms with E-state index < -0.39 is 8.32 Å². The van der Waals surface area contributed by atoms with Crippen molar-refractivity contribution in [1.29, 1.82) is 0 Å². The first-order valence-electron chi connectivity index (χ1n) is 6.99. The van der Waals surface area contributed by atoms with E-state index in [4.69, 9.17) is 9.16 Å². The van der Waals surface area contributed by atoms with E-state index in [1.54, 1.807) is 0 Å². The lowest BCUT2D eigenvalue weighted by Gasteiger charge is -2.38. The zero-order valence-electron chi connectivity index (χ0n) is 13.6. The highest BCUT2D eigenvalue weighted by Gasteiger charge is 2.40. The van der Waals surface area contributed by atoms with Crippen molar-refractivity contribution < 1.29 is 14.0 Å². The van der Waals surface area contributed by atoms with Crippen molar-refractivity contribution in [2.45, 2.75) is 52.8 Å². The van der Waals surface area contributed by atoms with Gasteiger partial charge in [0.25, 0.3) is 0 Å². The van der Waals surface area contributed by atoms with Crippen LogP contribution in [0.3, 0.4) is 0 Å². The molecule has 0 fully saturated rings. The summed E-state index contributed by atoms with van der Waals surface area (Å²) < 4.78 is 11.6. The van der Waals surface area contributed by atoms with Crippen molar-refractivity contribution in [3.63, 3.8) is 0 Å². The smallest absolute Gasteiger partial charge is 0.250 e. The first-order valence-corrected chi connectivity index (χ1v) is 9.90. The SMILES string of the molecule is C/C1=C/C=C(/O[Si](C)(C)C(C)(C)C)C(C)C(=O)/C=C\O1. The van der Waals surface area contributed by atoms with Crippen LogP contribution in [0.25, 0.3) is 0 Å². The summed E-state index contributed by atoms with van der Waals surface area (Å²) in [5.41, 5.74) is 0. The Labute approximate surface area is 123 Å². The molecule has 1 rings (SSSR count). The van der Waals surface area contributed by atoms with Crippen LogP contribution in [0.1, 0.15) is 34.6 Å². The van der Waals surface area contributed by atoms with Gasteiger partial charge in [0.05, 0.1) is 17.9 Å². The summed E-state index contributed by atoms with van der Waals surface area (Å²) in [6, 6.07) is 0. The Balaban J connectivity index is 3.11. The molecule has 1 heterocycles. The first-order chi connectivity index (χ1) is 9.04. The van der Waals surface area contributed by atoms with E-state index in [1.165, 1.54) is 12.3 Å². The van der Waals surface area contributed by atoms with Gasteiger partial charge in [-0.3, -0.25) is 4.79 Å². The lowest BCUT2D eigenvalue weighted by atomic mass is 10.0. The van der Waals surface area contributed by atoms with Crippen molar-refractivity contribution >= 4 is 14.1 Å². The molecule has 0 N–H and O–H groups in total. The average Bonchev–Trinajstić information content (AvgIpc) is 2.35. The zero-order chi connectivity index (χ0) is 15.6. The number of carbonyl (C=O) groups excluding carboxylic acids is 1. The fourth-order valence-electron chi connectivity index (χ4n) is 1.45. The van der Waals surface area contributed by atoms with Crippen molar-refractivity contribution in [1.82, 2.24) is 0 Å². The number of ether oxygens (including phenoxy) is 1. The maximum Gasteiger partial charge on any atom is 0.250 e. The number of ketones is 1. The topological polar surface area (TPSA) is 35.5 Å². The molecule has 0 aliphatic carbocycles. The molecular formula is C16H26O3Si. The first kappa shape index (κ1) is 16.8. The minimum atomic E-state index is -1.96. The van der Waals surface area contributed by atoms with Gasteiger partial charge >= 0.3 is 0 Å². The third kappa shape index (κ3) is 4.10. The van der Waals surface area contributed by atoms with Gasteiger partial charge in [-0.05, 0) is 44.1 Å². The van der Waals surface area contributed by atoms with Gasteiger partial charge in [0.1, 0.15) is 5.76 Å². The molecule has 1 aliphatic heterocycles. The zero-order valence-corrected chi connectivity index (χ0v) is 14.6. The Morgan fingerprint density at radius 3 is 2.40 bits per heavy atom. The van der Waals surface area contributed by atoms with Gasteiger partial charge in [-0.2, -0.15) is 0 Å². The Kier molecular flexibility index (Phi) is 5.03. The Morgan fingerprint density at radius 1 is 1.25 bits per heavy atom. The molecule has 0 saturated carbocycles. The predicted octanol–water partition coefficient (Wildman–Crippen LogP) is 4.55. The lowest BCUT2D eigenvalue weighted by Crippen LogP contribution is -2.41. The van der Waals surface area contributed by atoms with Crippen molar-refractivity contribution in [2.24, 2.45) is 5.92 Å². The van der Waals surface area contributed by atoms with E-state index in [0.29, 0.717) is 0 Å². The predicted molar refractivity (Wildman–Crippen MR) is 84.5 cm³/mol. The second-order valence-corrected chi connectivity index (χ2v) is 11.5.